The molecule has 0 heterocycles. The van der Waals surface area contributed by atoms with Crippen molar-refractivity contribution in [2.45, 2.75) is 51.6 Å². The summed E-state index contributed by atoms with van der Waals surface area (Å²) in [6.45, 7) is 2.17. The summed E-state index contributed by atoms with van der Waals surface area (Å²) in [6, 6.07) is 0.562. The molecule has 1 aliphatic carbocycles. The van der Waals surface area contributed by atoms with Crippen LogP contribution in [0.25, 0.3) is 0 Å². The van der Waals surface area contributed by atoms with Gasteiger partial charge in [0.2, 0.25) is 0 Å². The third-order valence-corrected chi connectivity index (χ3v) is 1.87. The van der Waals surface area contributed by atoms with E-state index in [1.165, 1.54) is 12.8 Å². The summed E-state index contributed by atoms with van der Waals surface area (Å²) in [4.78, 5) is 18.0. The first-order valence-corrected chi connectivity index (χ1v) is 5.17. The highest BCUT2D eigenvalue weighted by Crippen LogP contribution is 2.14. The molecule has 1 aliphatic rings. The van der Waals surface area contributed by atoms with Crippen molar-refractivity contribution in [1.82, 2.24) is 0 Å². The van der Waals surface area contributed by atoms with E-state index in [0.29, 0.717) is 0 Å². The Morgan fingerprint density at radius 1 is 0.938 bits per heavy atom. The van der Waals surface area contributed by atoms with Crippen molar-refractivity contribution in [3.05, 3.63) is 0 Å². The van der Waals surface area contributed by atoms with E-state index in [1.807, 2.05) is 0 Å². The summed E-state index contributed by atoms with van der Waals surface area (Å²) in [7, 11) is 0. The summed E-state index contributed by atoms with van der Waals surface area (Å²) in [5.74, 6) is -1.67. The summed E-state index contributed by atoms with van der Waals surface area (Å²) in [6.07, 6.45) is 4.80. The molecule has 0 aromatic rings. The van der Waals surface area contributed by atoms with Crippen molar-refractivity contribution in [3.8, 4) is 0 Å². The highest BCUT2D eigenvalue weighted by atomic mass is 16.4. The Hall–Kier alpha value is -1.14. The Balaban J connectivity index is 0. The molecule has 0 radical (unpaired) electrons. The lowest BCUT2D eigenvalue weighted by atomic mass is 9.92. The van der Waals surface area contributed by atoms with Crippen LogP contribution in [0.15, 0.2) is 0 Å². The second kappa shape index (κ2) is 10.4. The van der Waals surface area contributed by atoms with Gasteiger partial charge in [0.25, 0.3) is 11.9 Å². The average Bonchev–Trinajstić information content (AvgIpc) is 2.08. The highest BCUT2D eigenvalue weighted by Gasteiger charge is 2.16. The minimum absolute atomic E-state index is 0.281. The molecule has 16 heavy (non-hydrogen) atoms. The molecule has 1 fully saturated rings. The van der Waals surface area contributed by atoms with Crippen LogP contribution in [0.2, 0.25) is 0 Å². The zero-order valence-electron chi connectivity index (χ0n) is 9.85. The van der Waals surface area contributed by atoms with Crippen molar-refractivity contribution in [3.63, 3.8) is 0 Å². The molecule has 96 valence electrons. The van der Waals surface area contributed by atoms with Gasteiger partial charge in [-0.1, -0.05) is 12.8 Å². The maximum absolute atomic E-state index is 9.00. The van der Waals surface area contributed by atoms with Crippen molar-refractivity contribution in [1.29, 1.82) is 0 Å². The van der Waals surface area contributed by atoms with Crippen molar-refractivity contribution in [2.24, 2.45) is 11.5 Å². The standard InChI is InChI=1S/C6H14N2.2C2H4O2/c7-5-3-1-2-4-6(5)8;2*1-2(3)4/h5-6H,1-4,7-8H2;2*1H3,(H,3,4)/t5-,6-;;/m1../s1. The monoisotopic (exact) mass is 234 g/mol. The number of aliphatic carboxylic acids is 2. The fourth-order valence-electron chi connectivity index (χ4n) is 1.19. The maximum Gasteiger partial charge on any atom is 0.300 e. The number of hydrogen-bond acceptors (Lipinski definition) is 4. The van der Waals surface area contributed by atoms with E-state index >= 15 is 0 Å². The van der Waals surface area contributed by atoms with Gasteiger partial charge in [0.05, 0.1) is 0 Å². The molecule has 0 amide bonds. The van der Waals surface area contributed by atoms with E-state index in [1.54, 1.807) is 0 Å². The Bertz CT molecular complexity index is 179. The molecule has 0 aromatic heterocycles. The number of nitrogens with two attached hydrogens (primary N) is 2. The number of carboxylic acid groups (broad SMARTS) is 2. The molecular formula is C10H22N2O4. The van der Waals surface area contributed by atoms with Gasteiger partial charge in [-0.3, -0.25) is 9.59 Å². The maximum atomic E-state index is 9.00. The topological polar surface area (TPSA) is 127 Å². The first kappa shape index (κ1) is 17.3. The van der Waals surface area contributed by atoms with Gasteiger partial charge in [-0.2, -0.15) is 0 Å². The Labute approximate surface area is 95.6 Å². The van der Waals surface area contributed by atoms with Gasteiger partial charge in [0.1, 0.15) is 0 Å². The van der Waals surface area contributed by atoms with Gasteiger partial charge in [-0.25, -0.2) is 0 Å². The van der Waals surface area contributed by atoms with Crippen LogP contribution in [-0.2, 0) is 9.59 Å². The molecule has 6 nitrogen and oxygen atoms in total. The number of carbonyl (C=O) groups is 2. The van der Waals surface area contributed by atoms with Crippen LogP contribution in [0.3, 0.4) is 0 Å². The van der Waals surface area contributed by atoms with Gasteiger partial charge < -0.3 is 21.7 Å². The summed E-state index contributed by atoms with van der Waals surface area (Å²) in [5, 5.41) is 14.8. The molecule has 0 saturated heterocycles. The third kappa shape index (κ3) is 18.6. The normalized spacial score (nSPS) is 23.0. The van der Waals surface area contributed by atoms with Crippen molar-refractivity contribution >= 4 is 11.9 Å². The molecule has 1 saturated carbocycles. The first-order chi connectivity index (χ1) is 7.27. The number of rotatable bonds is 0. The third-order valence-electron chi connectivity index (χ3n) is 1.87. The van der Waals surface area contributed by atoms with Crippen molar-refractivity contribution in [2.75, 3.05) is 0 Å². The predicted octanol–water partition coefficient (Wildman–Crippen LogP) is 0.397. The smallest absolute Gasteiger partial charge is 0.300 e. The van der Waals surface area contributed by atoms with Gasteiger partial charge in [0, 0.05) is 25.9 Å². The van der Waals surface area contributed by atoms with Crippen LogP contribution in [0.5, 0.6) is 0 Å². The molecule has 1 rings (SSSR count). The molecular weight excluding hydrogens is 212 g/mol. The van der Waals surface area contributed by atoms with E-state index in [9.17, 15) is 0 Å². The zero-order valence-corrected chi connectivity index (χ0v) is 9.85. The minimum atomic E-state index is -0.833. The summed E-state index contributed by atoms with van der Waals surface area (Å²) >= 11 is 0. The second-order valence-electron chi connectivity index (χ2n) is 3.65. The summed E-state index contributed by atoms with van der Waals surface area (Å²) in [5.41, 5.74) is 11.3. The van der Waals surface area contributed by atoms with Gasteiger partial charge in [-0.15, -0.1) is 0 Å². The Morgan fingerprint density at radius 2 is 1.12 bits per heavy atom. The van der Waals surface area contributed by atoms with Crippen LogP contribution in [0.4, 0.5) is 0 Å². The lowest BCUT2D eigenvalue weighted by Crippen LogP contribution is -2.43. The molecule has 0 aromatic carbocycles. The number of hydrogen-bond donors (Lipinski definition) is 4. The van der Waals surface area contributed by atoms with E-state index in [4.69, 9.17) is 31.3 Å². The van der Waals surface area contributed by atoms with E-state index in [-0.39, 0.29) is 12.1 Å². The van der Waals surface area contributed by atoms with Crippen LogP contribution < -0.4 is 11.5 Å². The fourth-order valence-corrected chi connectivity index (χ4v) is 1.19. The second-order valence-corrected chi connectivity index (χ2v) is 3.65. The van der Waals surface area contributed by atoms with Crippen LogP contribution >= 0.6 is 0 Å². The first-order valence-electron chi connectivity index (χ1n) is 5.17. The van der Waals surface area contributed by atoms with E-state index in [0.717, 1.165) is 26.7 Å². The SMILES string of the molecule is CC(=O)O.CC(=O)O.N[C@@H]1CCCC[C@H]1N. The average molecular weight is 234 g/mol. The molecule has 0 aliphatic heterocycles. The Kier molecular flexibility index (Phi) is 11.2. The largest absolute Gasteiger partial charge is 0.481 e. The number of carboxylic acids is 2. The van der Waals surface area contributed by atoms with Gasteiger partial charge >= 0.3 is 0 Å². The molecule has 2 atom stereocenters. The molecule has 0 bridgehead atoms. The van der Waals surface area contributed by atoms with Crippen molar-refractivity contribution < 1.29 is 19.8 Å². The molecule has 0 spiro atoms. The molecule has 6 heteroatoms. The minimum Gasteiger partial charge on any atom is -0.481 e. The van der Waals surface area contributed by atoms with E-state index in [2.05, 4.69) is 0 Å². The quantitative estimate of drug-likeness (QED) is 0.480. The lowest BCUT2D eigenvalue weighted by Gasteiger charge is -2.24. The van der Waals surface area contributed by atoms with Crippen LogP contribution in [0.1, 0.15) is 39.5 Å². The van der Waals surface area contributed by atoms with Crippen LogP contribution in [0, 0.1) is 0 Å². The molecule has 0 unspecified atom stereocenters. The zero-order chi connectivity index (χ0) is 13.1. The highest BCUT2D eigenvalue weighted by molar-refractivity contribution is 5.63. The fraction of sp³-hybridized carbons (Fsp3) is 0.800. The van der Waals surface area contributed by atoms with Gasteiger partial charge in [-0.05, 0) is 12.8 Å². The van der Waals surface area contributed by atoms with Gasteiger partial charge in [0.15, 0.2) is 0 Å². The molecule has 6 N–H and O–H groups in total. The predicted molar refractivity (Wildman–Crippen MR) is 61.0 cm³/mol. The Morgan fingerprint density at radius 3 is 1.25 bits per heavy atom. The lowest BCUT2D eigenvalue weighted by molar-refractivity contribution is -0.135. The van der Waals surface area contributed by atoms with Crippen LogP contribution in [-0.4, -0.2) is 34.2 Å². The van der Waals surface area contributed by atoms with E-state index < -0.39 is 11.9 Å². The summed E-state index contributed by atoms with van der Waals surface area (Å²) < 4.78 is 0.